The quantitative estimate of drug-likeness (QED) is 0.212. The van der Waals surface area contributed by atoms with Gasteiger partial charge in [-0.1, -0.05) is 64.7 Å². The van der Waals surface area contributed by atoms with E-state index in [1.165, 1.54) is 111 Å². The molecule has 0 amide bonds. The predicted octanol–water partition coefficient (Wildman–Crippen LogP) is 7.58. The maximum absolute atomic E-state index is 4.63. The van der Waals surface area contributed by atoms with Crippen molar-refractivity contribution >= 4 is 33.3 Å². The van der Waals surface area contributed by atoms with E-state index in [0.717, 1.165) is 0 Å². The summed E-state index contributed by atoms with van der Waals surface area (Å²) < 4.78 is 0. The van der Waals surface area contributed by atoms with Crippen molar-refractivity contribution in [2.45, 2.75) is 102 Å². The van der Waals surface area contributed by atoms with Crippen LogP contribution in [0.15, 0.2) is 11.4 Å². The summed E-state index contributed by atoms with van der Waals surface area (Å²) in [6, 6.07) is 0. The molecule has 0 aromatic carbocycles. The summed E-state index contributed by atoms with van der Waals surface area (Å²) in [6.07, 6.45) is 21.0. The minimum Gasteiger partial charge on any atom is -0.229 e. The van der Waals surface area contributed by atoms with Crippen LogP contribution >= 0.6 is 23.1 Å². The molecule has 2 aromatic heterocycles. The molecule has 26 heavy (non-hydrogen) atoms. The average Bonchev–Trinajstić information content (AvgIpc) is 3.05. The number of unbranched alkanes of at least 4 members (excludes halogenated alkanes) is 9. The highest BCUT2D eigenvalue weighted by molar-refractivity contribution is 7.99. The zero-order chi connectivity index (χ0) is 18.0. The monoisotopic (exact) mass is 390 g/mol. The Balaban J connectivity index is 1.36. The Kier molecular flexibility index (Phi) is 8.74. The van der Waals surface area contributed by atoms with Gasteiger partial charge in [0.15, 0.2) is 0 Å². The van der Waals surface area contributed by atoms with E-state index in [1.807, 2.05) is 23.1 Å². The topological polar surface area (TPSA) is 25.8 Å². The number of thiophene rings is 1. The molecular formula is C22H34N2S2. The van der Waals surface area contributed by atoms with Crippen molar-refractivity contribution in [3.63, 3.8) is 0 Å². The SMILES string of the molecule is CCCCCCCCCCCCSc1ncnc2sc3c(c12)CCCC3. The number of hydrogen-bond donors (Lipinski definition) is 0. The molecular weight excluding hydrogens is 356 g/mol. The first-order valence-corrected chi connectivity index (χ1v) is 12.6. The first-order valence-electron chi connectivity index (χ1n) is 10.8. The van der Waals surface area contributed by atoms with Crippen molar-refractivity contribution in [2.24, 2.45) is 0 Å². The maximum Gasteiger partial charge on any atom is 0.128 e. The number of aromatic nitrogens is 2. The molecule has 0 spiro atoms. The summed E-state index contributed by atoms with van der Waals surface area (Å²) >= 11 is 3.87. The fraction of sp³-hybridized carbons (Fsp3) is 0.727. The lowest BCUT2D eigenvalue weighted by atomic mass is 9.97. The molecule has 0 atom stereocenters. The largest absolute Gasteiger partial charge is 0.229 e. The summed E-state index contributed by atoms with van der Waals surface area (Å²) in [5.74, 6) is 1.20. The van der Waals surface area contributed by atoms with Crippen molar-refractivity contribution < 1.29 is 0 Å². The number of hydrogen-bond acceptors (Lipinski definition) is 4. The van der Waals surface area contributed by atoms with E-state index in [-0.39, 0.29) is 0 Å². The van der Waals surface area contributed by atoms with Crippen LogP contribution < -0.4 is 0 Å². The minimum atomic E-state index is 1.20. The Morgan fingerprint density at radius 3 is 2.35 bits per heavy atom. The van der Waals surface area contributed by atoms with Crippen LogP contribution in [-0.2, 0) is 12.8 Å². The van der Waals surface area contributed by atoms with E-state index < -0.39 is 0 Å². The van der Waals surface area contributed by atoms with Gasteiger partial charge in [-0.05, 0) is 43.4 Å². The van der Waals surface area contributed by atoms with Crippen LogP contribution in [0.4, 0.5) is 0 Å². The van der Waals surface area contributed by atoms with Crippen molar-refractivity contribution in [2.75, 3.05) is 5.75 Å². The molecule has 0 fully saturated rings. The molecule has 3 rings (SSSR count). The van der Waals surface area contributed by atoms with Gasteiger partial charge in [-0.3, -0.25) is 0 Å². The fourth-order valence-corrected chi connectivity index (χ4v) is 6.25. The smallest absolute Gasteiger partial charge is 0.128 e. The molecule has 2 aromatic rings. The first kappa shape index (κ1) is 20.1. The Bertz CT molecular complexity index is 665. The minimum absolute atomic E-state index is 1.20. The molecule has 0 radical (unpaired) electrons. The maximum atomic E-state index is 4.63. The second-order valence-electron chi connectivity index (χ2n) is 7.60. The molecule has 144 valence electrons. The number of nitrogens with zero attached hydrogens (tertiary/aromatic N) is 2. The number of rotatable bonds is 12. The number of fused-ring (bicyclic) bond motifs is 3. The highest BCUT2D eigenvalue weighted by Crippen LogP contribution is 2.39. The lowest BCUT2D eigenvalue weighted by molar-refractivity contribution is 0.563. The fourth-order valence-electron chi connectivity index (χ4n) is 3.93. The molecule has 0 N–H and O–H groups in total. The lowest BCUT2D eigenvalue weighted by Crippen LogP contribution is -1.99. The van der Waals surface area contributed by atoms with Crippen molar-refractivity contribution in [1.82, 2.24) is 9.97 Å². The van der Waals surface area contributed by atoms with Crippen molar-refractivity contribution in [3.8, 4) is 0 Å². The van der Waals surface area contributed by atoms with Crippen LogP contribution in [0.2, 0.25) is 0 Å². The number of aryl methyl sites for hydroxylation is 2. The first-order chi connectivity index (χ1) is 12.9. The van der Waals surface area contributed by atoms with Gasteiger partial charge >= 0.3 is 0 Å². The van der Waals surface area contributed by atoms with Crippen LogP contribution in [0.5, 0.6) is 0 Å². The molecule has 0 unspecified atom stereocenters. The van der Waals surface area contributed by atoms with Crippen molar-refractivity contribution in [1.29, 1.82) is 0 Å². The predicted molar refractivity (Wildman–Crippen MR) is 117 cm³/mol. The molecule has 0 saturated heterocycles. The van der Waals surface area contributed by atoms with Crippen LogP contribution in [-0.4, -0.2) is 15.7 Å². The Hall–Kier alpha value is -0.610. The van der Waals surface area contributed by atoms with E-state index in [1.54, 1.807) is 16.8 Å². The summed E-state index contributed by atoms with van der Waals surface area (Å²) in [5.41, 5.74) is 1.57. The molecule has 0 aliphatic heterocycles. The summed E-state index contributed by atoms with van der Waals surface area (Å²) in [7, 11) is 0. The van der Waals surface area contributed by atoms with Gasteiger partial charge in [0.05, 0.1) is 0 Å². The van der Waals surface area contributed by atoms with Crippen LogP contribution in [0.25, 0.3) is 10.2 Å². The summed E-state index contributed by atoms with van der Waals surface area (Å²) in [4.78, 5) is 12.0. The van der Waals surface area contributed by atoms with Gasteiger partial charge in [0.1, 0.15) is 16.2 Å². The third-order valence-corrected chi connectivity index (χ3v) is 7.73. The van der Waals surface area contributed by atoms with Crippen LogP contribution in [0.1, 0.15) is 94.4 Å². The average molecular weight is 391 g/mol. The third kappa shape index (κ3) is 5.69. The van der Waals surface area contributed by atoms with Gasteiger partial charge in [-0.25, -0.2) is 9.97 Å². The summed E-state index contributed by atoms with van der Waals surface area (Å²) in [5, 5.41) is 2.63. The van der Waals surface area contributed by atoms with E-state index in [2.05, 4.69) is 16.9 Å². The Morgan fingerprint density at radius 1 is 0.885 bits per heavy atom. The normalized spacial score (nSPS) is 14.0. The molecule has 4 heteroatoms. The molecule has 2 nitrogen and oxygen atoms in total. The van der Waals surface area contributed by atoms with Gasteiger partial charge < -0.3 is 0 Å². The van der Waals surface area contributed by atoms with E-state index in [4.69, 9.17) is 0 Å². The second kappa shape index (κ2) is 11.3. The second-order valence-corrected chi connectivity index (χ2v) is 9.77. The van der Waals surface area contributed by atoms with Gasteiger partial charge in [0.2, 0.25) is 0 Å². The van der Waals surface area contributed by atoms with Gasteiger partial charge in [0, 0.05) is 10.3 Å². The standard InChI is InChI=1S/C22H34N2S2/c1-2-3-4-5-6-7-8-9-10-13-16-25-21-20-18-14-11-12-15-19(18)26-22(20)24-17-23-21/h17H,2-16H2,1H3. The van der Waals surface area contributed by atoms with Gasteiger partial charge in [-0.2, -0.15) is 0 Å². The summed E-state index contributed by atoms with van der Waals surface area (Å²) in [6.45, 7) is 2.29. The highest BCUT2D eigenvalue weighted by Gasteiger charge is 2.19. The van der Waals surface area contributed by atoms with Crippen molar-refractivity contribution in [3.05, 3.63) is 16.8 Å². The molecule has 0 bridgehead atoms. The lowest BCUT2D eigenvalue weighted by Gasteiger charge is -2.11. The third-order valence-electron chi connectivity index (χ3n) is 5.45. The zero-order valence-corrected chi connectivity index (χ0v) is 18.0. The van der Waals surface area contributed by atoms with Gasteiger partial charge in [0.25, 0.3) is 0 Å². The van der Waals surface area contributed by atoms with E-state index in [9.17, 15) is 0 Å². The molecule has 0 saturated carbocycles. The van der Waals surface area contributed by atoms with Gasteiger partial charge in [-0.15, -0.1) is 23.1 Å². The number of thioether (sulfide) groups is 1. The Labute approximate surface area is 167 Å². The highest BCUT2D eigenvalue weighted by atomic mass is 32.2. The molecule has 1 aliphatic carbocycles. The molecule has 2 heterocycles. The van der Waals surface area contributed by atoms with E-state index in [0.29, 0.717) is 0 Å². The molecule has 1 aliphatic rings. The van der Waals surface area contributed by atoms with Crippen LogP contribution in [0, 0.1) is 0 Å². The van der Waals surface area contributed by atoms with E-state index >= 15 is 0 Å². The van der Waals surface area contributed by atoms with Crippen LogP contribution in [0.3, 0.4) is 0 Å². The zero-order valence-electron chi connectivity index (χ0n) is 16.4. The Morgan fingerprint density at radius 2 is 1.58 bits per heavy atom.